The minimum absolute atomic E-state index is 0.176. The third-order valence-electron chi connectivity index (χ3n) is 2.85. The molecule has 2 heterocycles. The summed E-state index contributed by atoms with van der Waals surface area (Å²) in [4.78, 5) is 16.2. The maximum atomic E-state index is 12.1. The van der Waals surface area contributed by atoms with Crippen molar-refractivity contribution in [2.45, 2.75) is 19.8 Å². The Bertz CT molecular complexity index is 585. The van der Waals surface area contributed by atoms with Crippen molar-refractivity contribution in [3.8, 4) is 0 Å². The third kappa shape index (κ3) is 4.79. The Hall–Kier alpha value is -2.01. The quantitative estimate of drug-likeness (QED) is 0.771. The summed E-state index contributed by atoms with van der Waals surface area (Å²) in [6.07, 6.45) is 3.24. The molecule has 0 aliphatic carbocycles. The summed E-state index contributed by atoms with van der Waals surface area (Å²) in [6, 6.07) is 6.96. The monoisotopic (exact) mass is 307 g/mol. The lowest BCUT2D eigenvalue weighted by Crippen LogP contribution is -2.25. The fraction of sp³-hybridized carbons (Fsp3) is 0.333. The summed E-state index contributed by atoms with van der Waals surface area (Å²) in [7, 11) is 0. The van der Waals surface area contributed by atoms with Gasteiger partial charge in [0.1, 0.15) is 16.7 Å². The van der Waals surface area contributed by atoms with Gasteiger partial charge >= 0.3 is 0 Å². The Labute approximate surface area is 128 Å². The molecule has 0 saturated carbocycles. The van der Waals surface area contributed by atoms with Crippen LogP contribution in [0.15, 0.2) is 34.9 Å². The van der Waals surface area contributed by atoms with E-state index in [1.807, 2.05) is 12.1 Å². The molecule has 0 aliphatic rings. The molecule has 112 valence electrons. The number of amides is 1. The second kappa shape index (κ2) is 7.69. The highest BCUT2D eigenvalue weighted by Gasteiger charge is 2.09. The molecule has 0 radical (unpaired) electrons. The standard InChI is InChI=1S/C15H18ClN3O2/c1-2-6-17-14-10-11(9-13(16)19-14)15(20)18-7-5-12-4-3-8-21-12/h3-4,8-10H,2,5-7H2,1H3,(H,17,19)(H,18,20). The average molecular weight is 308 g/mol. The Morgan fingerprint density at radius 2 is 2.24 bits per heavy atom. The molecule has 2 aromatic heterocycles. The molecule has 0 bridgehead atoms. The molecule has 1 amide bonds. The van der Waals surface area contributed by atoms with Crippen molar-refractivity contribution in [2.24, 2.45) is 0 Å². The molecular formula is C15H18ClN3O2. The summed E-state index contributed by atoms with van der Waals surface area (Å²) in [5.74, 6) is 1.28. The first-order chi connectivity index (χ1) is 10.2. The van der Waals surface area contributed by atoms with Gasteiger partial charge in [-0.25, -0.2) is 4.98 Å². The highest BCUT2D eigenvalue weighted by molar-refractivity contribution is 6.29. The highest BCUT2D eigenvalue weighted by Crippen LogP contribution is 2.14. The van der Waals surface area contributed by atoms with Crippen LogP contribution < -0.4 is 10.6 Å². The van der Waals surface area contributed by atoms with E-state index in [1.165, 1.54) is 0 Å². The van der Waals surface area contributed by atoms with Gasteiger partial charge in [-0.3, -0.25) is 4.79 Å². The van der Waals surface area contributed by atoms with E-state index in [0.717, 1.165) is 18.7 Å². The van der Waals surface area contributed by atoms with Crippen molar-refractivity contribution >= 4 is 23.3 Å². The van der Waals surface area contributed by atoms with Crippen LogP contribution in [0.5, 0.6) is 0 Å². The number of hydrogen-bond donors (Lipinski definition) is 2. The van der Waals surface area contributed by atoms with Gasteiger partial charge in [0.2, 0.25) is 0 Å². The zero-order valence-corrected chi connectivity index (χ0v) is 12.6. The molecule has 0 fully saturated rings. The zero-order valence-electron chi connectivity index (χ0n) is 11.9. The van der Waals surface area contributed by atoms with Crippen LogP contribution in [0.4, 0.5) is 5.82 Å². The number of furan rings is 1. The smallest absolute Gasteiger partial charge is 0.251 e. The second-order valence-electron chi connectivity index (χ2n) is 4.58. The molecule has 2 rings (SSSR count). The van der Waals surface area contributed by atoms with Gasteiger partial charge in [-0.15, -0.1) is 0 Å². The summed E-state index contributed by atoms with van der Waals surface area (Å²) >= 11 is 5.94. The van der Waals surface area contributed by atoms with Crippen molar-refractivity contribution in [2.75, 3.05) is 18.4 Å². The summed E-state index contributed by atoms with van der Waals surface area (Å²) in [5.41, 5.74) is 0.494. The van der Waals surface area contributed by atoms with Gasteiger partial charge in [0.25, 0.3) is 5.91 Å². The fourth-order valence-corrected chi connectivity index (χ4v) is 2.04. The molecule has 0 aliphatic heterocycles. The molecule has 6 heteroatoms. The molecule has 5 nitrogen and oxygen atoms in total. The minimum Gasteiger partial charge on any atom is -0.469 e. The number of nitrogens with zero attached hydrogens (tertiary/aromatic N) is 1. The summed E-state index contributed by atoms with van der Waals surface area (Å²) in [6.45, 7) is 3.34. The van der Waals surface area contributed by atoms with E-state index in [0.29, 0.717) is 29.5 Å². The molecule has 0 atom stereocenters. The van der Waals surface area contributed by atoms with E-state index in [4.69, 9.17) is 16.0 Å². The largest absolute Gasteiger partial charge is 0.469 e. The normalized spacial score (nSPS) is 10.4. The SMILES string of the molecule is CCCNc1cc(C(=O)NCCc2ccco2)cc(Cl)n1. The van der Waals surface area contributed by atoms with Crippen LogP contribution in [0.1, 0.15) is 29.5 Å². The van der Waals surface area contributed by atoms with Gasteiger partial charge < -0.3 is 15.1 Å². The van der Waals surface area contributed by atoms with Crippen LogP contribution in [-0.2, 0) is 6.42 Å². The number of aromatic nitrogens is 1. The first-order valence-corrected chi connectivity index (χ1v) is 7.29. The maximum absolute atomic E-state index is 12.1. The van der Waals surface area contributed by atoms with Gasteiger partial charge in [-0.05, 0) is 30.7 Å². The Kier molecular flexibility index (Phi) is 5.63. The number of rotatable bonds is 7. The number of hydrogen-bond acceptors (Lipinski definition) is 4. The van der Waals surface area contributed by atoms with Crippen molar-refractivity contribution in [1.82, 2.24) is 10.3 Å². The molecule has 21 heavy (non-hydrogen) atoms. The number of carbonyl (C=O) groups is 1. The predicted octanol–water partition coefficient (Wildman–Crippen LogP) is 3.12. The van der Waals surface area contributed by atoms with Crippen LogP contribution in [0.25, 0.3) is 0 Å². The van der Waals surface area contributed by atoms with E-state index in [-0.39, 0.29) is 5.91 Å². The van der Waals surface area contributed by atoms with E-state index >= 15 is 0 Å². The van der Waals surface area contributed by atoms with E-state index < -0.39 is 0 Å². The predicted molar refractivity (Wildman–Crippen MR) is 82.8 cm³/mol. The molecule has 0 spiro atoms. The first kappa shape index (κ1) is 15.4. The zero-order chi connectivity index (χ0) is 15.1. The van der Waals surface area contributed by atoms with Crippen molar-refractivity contribution in [1.29, 1.82) is 0 Å². The fourth-order valence-electron chi connectivity index (χ4n) is 1.83. The molecule has 0 saturated heterocycles. The number of halogens is 1. The Morgan fingerprint density at radius 1 is 1.38 bits per heavy atom. The lowest BCUT2D eigenvalue weighted by atomic mass is 10.2. The van der Waals surface area contributed by atoms with E-state index in [9.17, 15) is 4.79 Å². The van der Waals surface area contributed by atoms with Crippen LogP contribution in [0.2, 0.25) is 5.15 Å². The lowest BCUT2D eigenvalue weighted by molar-refractivity contribution is 0.0953. The van der Waals surface area contributed by atoms with Gasteiger partial charge in [-0.2, -0.15) is 0 Å². The van der Waals surface area contributed by atoms with Crippen molar-refractivity contribution in [3.05, 3.63) is 47.0 Å². The Balaban J connectivity index is 1.93. The van der Waals surface area contributed by atoms with Gasteiger partial charge in [0.05, 0.1) is 6.26 Å². The molecular weight excluding hydrogens is 290 g/mol. The highest BCUT2D eigenvalue weighted by atomic mass is 35.5. The molecule has 0 unspecified atom stereocenters. The van der Waals surface area contributed by atoms with E-state index in [2.05, 4.69) is 22.5 Å². The molecule has 0 aromatic carbocycles. The van der Waals surface area contributed by atoms with Gasteiger partial charge in [0.15, 0.2) is 0 Å². The molecule has 2 aromatic rings. The van der Waals surface area contributed by atoms with Gasteiger partial charge in [-0.1, -0.05) is 18.5 Å². The van der Waals surface area contributed by atoms with Crippen molar-refractivity contribution in [3.63, 3.8) is 0 Å². The first-order valence-electron chi connectivity index (χ1n) is 6.91. The van der Waals surface area contributed by atoms with Crippen LogP contribution in [0.3, 0.4) is 0 Å². The number of carbonyl (C=O) groups excluding carboxylic acids is 1. The average Bonchev–Trinajstić information content (AvgIpc) is 2.97. The second-order valence-corrected chi connectivity index (χ2v) is 4.96. The Morgan fingerprint density at radius 3 is 2.95 bits per heavy atom. The van der Waals surface area contributed by atoms with Crippen LogP contribution >= 0.6 is 11.6 Å². The maximum Gasteiger partial charge on any atom is 0.251 e. The number of nitrogens with one attached hydrogen (secondary N) is 2. The van der Waals surface area contributed by atoms with Crippen molar-refractivity contribution < 1.29 is 9.21 Å². The summed E-state index contributed by atoms with van der Waals surface area (Å²) in [5, 5.41) is 6.25. The van der Waals surface area contributed by atoms with Crippen LogP contribution in [-0.4, -0.2) is 24.0 Å². The number of anilines is 1. The van der Waals surface area contributed by atoms with Gasteiger partial charge in [0, 0.05) is 25.1 Å². The number of pyridine rings is 1. The molecule has 2 N–H and O–H groups in total. The minimum atomic E-state index is -0.176. The summed E-state index contributed by atoms with van der Waals surface area (Å²) < 4.78 is 5.21. The third-order valence-corrected chi connectivity index (χ3v) is 3.04. The van der Waals surface area contributed by atoms with E-state index in [1.54, 1.807) is 18.4 Å². The lowest BCUT2D eigenvalue weighted by Gasteiger charge is -2.08. The topological polar surface area (TPSA) is 67.2 Å². The van der Waals surface area contributed by atoms with Crippen LogP contribution in [0, 0.1) is 0 Å².